The van der Waals surface area contributed by atoms with E-state index in [4.69, 9.17) is 4.74 Å². The number of aryl methyl sites for hydroxylation is 1. The highest BCUT2D eigenvalue weighted by Gasteiger charge is 2.04. The van der Waals surface area contributed by atoms with E-state index in [-0.39, 0.29) is 5.56 Å². The molecule has 2 aromatic rings. The first kappa shape index (κ1) is 11.7. The topological polar surface area (TPSA) is 47.0 Å². The molecule has 0 bridgehead atoms. The minimum absolute atomic E-state index is 0.0275. The standard InChI is InChI=1S/C13H16N2O2/c1-10-5-3-4-6-11(10)8-15-13(16)7-12(14-15)9-17-2/h3-7,14H,8-9H2,1-2H3. The first-order valence-corrected chi connectivity index (χ1v) is 5.53. The van der Waals surface area contributed by atoms with Crippen molar-refractivity contribution in [3.8, 4) is 0 Å². The van der Waals surface area contributed by atoms with Gasteiger partial charge in [-0.05, 0) is 18.1 Å². The lowest BCUT2D eigenvalue weighted by Crippen LogP contribution is -2.17. The smallest absolute Gasteiger partial charge is 0.267 e. The van der Waals surface area contributed by atoms with Crippen molar-refractivity contribution >= 4 is 0 Å². The Morgan fingerprint density at radius 1 is 1.35 bits per heavy atom. The molecule has 0 aliphatic heterocycles. The van der Waals surface area contributed by atoms with Gasteiger partial charge < -0.3 is 4.74 Å². The summed E-state index contributed by atoms with van der Waals surface area (Å²) in [6.45, 7) is 3.03. The Balaban J connectivity index is 2.24. The maximum absolute atomic E-state index is 11.7. The fourth-order valence-corrected chi connectivity index (χ4v) is 1.79. The first-order valence-electron chi connectivity index (χ1n) is 5.53. The van der Waals surface area contributed by atoms with Gasteiger partial charge in [0.2, 0.25) is 0 Å². The van der Waals surface area contributed by atoms with Crippen LogP contribution in [-0.4, -0.2) is 16.9 Å². The summed E-state index contributed by atoms with van der Waals surface area (Å²) in [7, 11) is 1.61. The van der Waals surface area contributed by atoms with Gasteiger partial charge in [-0.25, -0.2) is 4.68 Å². The zero-order chi connectivity index (χ0) is 12.3. The lowest BCUT2D eigenvalue weighted by atomic mass is 10.1. The minimum Gasteiger partial charge on any atom is -0.378 e. The van der Waals surface area contributed by atoms with Crippen LogP contribution in [-0.2, 0) is 17.9 Å². The third-order valence-electron chi connectivity index (χ3n) is 2.73. The maximum atomic E-state index is 11.7. The van der Waals surface area contributed by atoms with Crippen molar-refractivity contribution in [1.29, 1.82) is 0 Å². The summed E-state index contributed by atoms with van der Waals surface area (Å²) in [5.41, 5.74) is 3.09. The number of benzene rings is 1. The zero-order valence-electron chi connectivity index (χ0n) is 10.1. The second-order valence-corrected chi connectivity index (χ2v) is 4.07. The van der Waals surface area contributed by atoms with Crippen LogP contribution in [0.25, 0.3) is 0 Å². The van der Waals surface area contributed by atoms with E-state index in [2.05, 4.69) is 5.10 Å². The second-order valence-electron chi connectivity index (χ2n) is 4.07. The maximum Gasteiger partial charge on any atom is 0.267 e. The number of aromatic nitrogens is 2. The van der Waals surface area contributed by atoms with Crippen LogP contribution in [0, 0.1) is 6.92 Å². The van der Waals surface area contributed by atoms with Crippen LogP contribution in [0.3, 0.4) is 0 Å². The van der Waals surface area contributed by atoms with Crippen LogP contribution in [0.15, 0.2) is 35.1 Å². The molecule has 0 atom stereocenters. The average molecular weight is 232 g/mol. The van der Waals surface area contributed by atoms with Crippen LogP contribution < -0.4 is 5.56 Å². The SMILES string of the molecule is COCc1cc(=O)n(Cc2ccccc2C)[nH]1. The highest BCUT2D eigenvalue weighted by molar-refractivity contribution is 5.25. The van der Waals surface area contributed by atoms with Crippen LogP contribution in [0.5, 0.6) is 0 Å². The number of aromatic amines is 1. The highest BCUT2D eigenvalue weighted by atomic mass is 16.5. The molecule has 0 aliphatic rings. The molecule has 1 N–H and O–H groups in total. The number of nitrogens with zero attached hydrogens (tertiary/aromatic N) is 1. The van der Waals surface area contributed by atoms with Gasteiger partial charge in [0.1, 0.15) is 0 Å². The van der Waals surface area contributed by atoms with Crippen LogP contribution in [0.2, 0.25) is 0 Å². The Morgan fingerprint density at radius 2 is 2.12 bits per heavy atom. The molecular weight excluding hydrogens is 216 g/mol. The molecular formula is C13H16N2O2. The number of rotatable bonds is 4. The molecule has 4 heteroatoms. The summed E-state index contributed by atoms with van der Waals surface area (Å²) >= 11 is 0. The summed E-state index contributed by atoms with van der Waals surface area (Å²) in [5.74, 6) is 0. The Bertz CT molecular complexity index is 555. The van der Waals surface area contributed by atoms with Crippen LogP contribution >= 0.6 is 0 Å². The molecule has 0 unspecified atom stereocenters. The summed E-state index contributed by atoms with van der Waals surface area (Å²) in [4.78, 5) is 11.7. The molecule has 0 aliphatic carbocycles. The second kappa shape index (κ2) is 5.01. The largest absolute Gasteiger partial charge is 0.378 e. The molecule has 0 fully saturated rings. The molecule has 1 heterocycles. The van der Waals surface area contributed by atoms with E-state index in [0.717, 1.165) is 11.3 Å². The van der Waals surface area contributed by atoms with Crippen molar-refractivity contribution in [2.75, 3.05) is 7.11 Å². The number of nitrogens with one attached hydrogen (secondary N) is 1. The van der Waals surface area contributed by atoms with Crippen LogP contribution in [0.1, 0.15) is 16.8 Å². The van der Waals surface area contributed by atoms with Gasteiger partial charge in [0.05, 0.1) is 18.8 Å². The molecule has 4 nitrogen and oxygen atoms in total. The average Bonchev–Trinajstić information content (AvgIpc) is 2.63. The first-order chi connectivity index (χ1) is 8.20. The van der Waals surface area contributed by atoms with E-state index in [9.17, 15) is 4.79 Å². The fourth-order valence-electron chi connectivity index (χ4n) is 1.79. The van der Waals surface area contributed by atoms with Crippen molar-refractivity contribution in [1.82, 2.24) is 9.78 Å². The molecule has 0 saturated carbocycles. The lowest BCUT2D eigenvalue weighted by Gasteiger charge is -2.05. The molecule has 0 amide bonds. The van der Waals surface area contributed by atoms with Gasteiger partial charge in [0, 0.05) is 13.2 Å². The Labute approximate surface area is 99.8 Å². The van der Waals surface area contributed by atoms with Crippen molar-refractivity contribution in [2.24, 2.45) is 0 Å². The van der Waals surface area contributed by atoms with Gasteiger partial charge in [0.15, 0.2) is 0 Å². The van der Waals surface area contributed by atoms with Crippen molar-refractivity contribution in [3.05, 3.63) is 57.5 Å². The van der Waals surface area contributed by atoms with E-state index in [1.807, 2.05) is 31.2 Å². The quantitative estimate of drug-likeness (QED) is 0.871. The van der Waals surface area contributed by atoms with E-state index in [1.54, 1.807) is 17.9 Å². The van der Waals surface area contributed by atoms with E-state index >= 15 is 0 Å². The van der Waals surface area contributed by atoms with Gasteiger partial charge in [-0.2, -0.15) is 0 Å². The predicted octanol–water partition coefficient (Wildman–Crippen LogP) is 1.68. The Morgan fingerprint density at radius 3 is 2.82 bits per heavy atom. The molecule has 1 aromatic heterocycles. The van der Waals surface area contributed by atoms with Crippen molar-refractivity contribution in [2.45, 2.75) is 20.1 Å². The van der Waals surface area contributed by atoms with Gasteiger partial charge >= 0.3 is 0 Å². The number of H-pyrrole nitrogens is 1. The summed E-state index contributed by atoms with van der Waals surface area (Å²) in [6.07, 6.45) is 0. The monoisotopic (exact) mass is 232 g/mol. The van der Waals surface area contributed by atoms with Crippen LogP contribution in [0.4, 0.5) is 0 Å². The molecule has 0 radical (unpaired) electrons. The fraction of sp³-hybridized carbons (Fsp3) is 0.308. The van der Waals surface area contributed by atoms with Crippen molar-refractivity contribution < 1.29 is 4.74 Å². The molecule has 0 spiro atoms. The summed E-state index contributed by atoms with van der Waals surface area (Å²) in [6, 6.07) is 9.61. The van der Waals surface area contributed by atoms with Gasteiger partial charge in [-0.1, -0.05) is 24.3 Å². The Kier molecular flexibility index (Phi) is 3.44. The molecule has 0 saturated heterocycles. The van der Waals surface area contributed by atoms with Gasteiger partial charge in [0.25, 0.3) is 5.56 Å². The molecule has 2 rings (SSSR count). The van der Waals surface area contributed by atoms with E-state index < -0.39 is 0 Å². The third kappa shape index (κ3) is 2.65. The predicted molar refractivity (Wildman–Crippen MR) is 66.0 cm³/mol. The van der Waals surface area contributed by atoms with E-state index in [0.29, 0.717) is 13.2 Å². The summed E-state index contributed by atoms with van der Waals surface area (Å²) in [5, 5.41) is 3.04. The number of hydrogen-bond acceptors (Lipinski definition) is 2. The number of methoxy groups -OCH3 is 1. The number of ether oxygens (including phenoxy) is 1. The van der Waals surface area contributed by atoms with Gasteiger partial charge in [-0.15, -0.1) is 0 Å². The summed E-state index contributed by atoms with van der Waals surface area (Å²) < 4.78 is 6.58. The molecule has 1 aromatic carbocycles. The lowest BCUT2D eigenvalue weighted by molar-refractivity contribution is 0.181. The minimum atomic E-state index is -0.0275. The normalized spacial score (nSPS) is 10.7. The molecule has 90 valence electrons. The Hall–Kier alpha value is -1.81. The van der Waals surface area contributed by atoms with Crippen molar-refractivity contribution in [3.63, 3.8) is 0 Å². The van der Waals surface area contributed by atoms with E-state index in [1.165, 1.54) is 5.56 Å². The highest BCUT2D eigenvalue weighted by Crippen LogP contribution is 2.07. The van der Waals surface area contributed by atoms with Gasteiger partial charge in [-0.3, -0.25) is 9.89 Å². The zero-order valence-corrected chi connectivity index (χ0v) is 10.1. The number of hydrogen-bond donors (Lipinski definition) is 1. The third-order valence-corrected chi connectivity index (χ3v) is 2.73. The molecule has 17 heavy (non-hydrogen) atoms.